The lowest BCUT2D eigenvalue weighted by Crippen LogP contribution is -2.18. The van der Waals surface area contributed by atoms with Gasteiger partial charge >= 0.3 is 0 Å². The lowest BCUT2D eigenvalue weighted by atomic mass is 10.1. The molecule has 0 aromatic carbocycles. The molecule has 2 nitrogen and oxygen atoms in total. The molecule has 1 atom stereocenters. The van der Waals surface area contributed by atoms with Crippen molar-refractivity contribution in [3.05, 3.63) is 23.9 Å². The maximum atomic E-state index is 5.83. The summed E-state index contributed by atoms with van der Waals surface area (Å²) in [6, 6.07) is 4.34. The molecule has 0 spiro atoms. The molecule has 16 heavy (non-hydrogen) atoms. The predicted molar refractivity (Wildman–Crippen MR) is 71.8 cm³/mol. The maximum Gasteiger partial charge on any atom is 0.0992 e. The third kappa shape index (κ3) is 4.99. The second-order valence-corrected chi connectivity index (χ2v) is 5.29. The monoisotopic (exact) mass is 238 g/mol. The molecule has 0 aliphatic carbocycles. The SMILES string of the molecule is CCCCCSc1ncccc1CC(C)N. The van der Waals surface area contributed by atoms with Crippen molar-refractivity contribution in [3.8, 4) is 0 Å². The van der Waals surface area contributed by atoms with Gasteiger partial charge in [0.1, 0.15) is 0 Å². The summed E-state index contributed by atoms with van der Waals surface area (Å²) in [6.07, 6.45) is 6.64. The number of hydrogen-bond donors (Lipinski definition) is 1. The van der Waals surface area contributed by atoms with E-state index >= 15 is 0 Å². The van der Waals surface area contributed by atoms with Crippen molar-refractivity contribution in [1.82, 2.24) is 4.98 Å². The van der Waals surface area contributed by atoms with E-state index < -0.39 is 0 Å². The molecule has 1 unspecified atom stereocenters. The van der Waals surface area contributed by atoms with Crippen LogP contribution in [0.4, 0.5) is 0 Å². The summed E-state index contributed by atoms with van der Waals surface area (Å²) >= 11 is 1.86. The van der Waals surface area contributed by atoms with Gasteiger partial charge in [-0.1, -0.05) is 25.8 Å². The predicted octanol–water partition coefficient (Wildman–Crippen LogP) is 3.25. The fourth-order valence-corrected chi connectivity index (χ4v) is 2.59. The van der Waals surface area contributed by atoms with Gasteiger partial charge in [0.25, 0.3) is 0 Å². The molecule has 0 saturated carbocycles. The van der Waals surface area contributed by atoms with Crippen LogP contribution in [0.1, 0.15) is 38.7 Å². The molecule has 0 bridgehead atoms. The molecule has 0 fully saturated rings. The minimum Gasteiger partial charge on any atom is -0.328 e. The summed E-state index contributed by atoms with van der Waals surface area (Å²) in [5, 5.41) is 1.16. The van der Waals surface area contributed by atoms with E-state index in [-0.39, 0.29) is 6.04 Å². The number of unbranched alkanes of at least 4 members (excludes halogenated alkanes) is 2. The number of aromatic nitrogens is 1. The van der Waals surface area contributed by atoms with E-state index in [1.807, 2.05) is 30.9 Å². The zero-order valence-corrected chi connectivity index (χ0v) is 11.1. The zero-order chi connectivity index (χ0) is 11.8. The van der Waals surface area contributed by atoms with E-state index in [0.717, 1.165) is 17.2 Å². The van der Waals surface area contributed by atoms with Gasteiger partial charge < -0.3 is 5.73 Å². The van der Waals surface area contributed by atoms with Crippen LogP contribution in [-0.4, -0.2) is 16.8 Å². The summed E-state index contributed by atoms with van der Waals surface area (Å²) < 4.78 is 0. The van der Waals surface area contributed by atoms with Gasteiger partial charge in [0.2, 0.25) is 0 Å². The summed E-state index contributed by atoms with van der Waals surface area (Å²) in [5.74, 6) is 1.16. The Morgan fingerprint density at radius 3 is 2.94 bits per heavy atom. The number of rotatable bonds is 7. The van der Waals surface area contributed by atoms with E-state index in [4.69, 9.17) is 5.73 Å². The van der Waals surface area contributed by atoms with Crippen molar-refractivity contribution < 1.29 is 0 Å². The molecule has 0 saturated heterocycles. The largest absolute Gasteiger partial charge is 0.328 e. The lowest BCUT2D eigenvalue weighted by molar-refractivity contribution is 0.722. The van der Waals surface area contributed by atoms with Gasteiger partial charge in [-0.15, -0.1) is 11.8 Å². The third-order valence-electron chi connectivity index (χ3n) is 2.38. The normalized spacial score (nSPS) is 12.7. The topological polar surface area (TPSA) is 38.9 Å². The van der Waals surface area contributed by atoms with E-state index in [9.17, 15) is 0 Å². The van der Waals surface area contributed by atoms with Gasteiger partial charge in [-0.05, 0) is 37.1 Å². The summed E-state index contributed by atoms with van der Waals surface area (Å²) in [7, 11) is 0. The lowest BCUT2D eigenvalue weighted by Gasteiger charge is -2.09. The first kappa shape index (κ1) is 13.5. The Hall–Kier alpha value is -0.540. The van der Waals surface area contributed by atoms with Crippen LogP contribution in [-0.2, 0) is 6.42 Å². The van der Waals surface area contributed by atoms with Crippen LogP contribution in [0.2, 0.25) is 0 Å². The molecule has 90 valence electrons. The van der Waals surface area contributed by atoms with E-state index in [1.165, 1.54) is 24.8 Å². The van der Waals surface area contributed by atoms with Crippen molar-refractivity contribution >= 4 is 11.8 Å². The van der Waals surface area contributed by atoms with Crippen molar-refractivity contribution in [2.45, 2.75) is 50.6 Å². The fourth-order valence-electron chi connectivity index (χ4n) is 1.58. The van der Waals surface area contributed by atoms with Crippen molar-refractivity contribution in [2.24, 2.45) is 5.73 Å². The number of pyridine rings is 1. The van der Waals surface area contributed by atoms with E-state index in [2.05, 4.69) is 18.0 Å². The maximum absolute atomic E-state index is 5.83. The number of thioether (sulfide) groups is 1. The molecule has 0 aliphatic rings. The van der Waals surface area contributed by atoms with Crippen LogP contribution in [0.3, 0.4) is 0 Å². The first-order valence-corrected chi connectivity index (χ1v) is 7.05. The highest BCUT2D eigenvalue weighted by atomic mass is 32.2. The van der Waals surface area contributed by atoms with Crippen LogP contribution in [0, 0.1) is 0 Å². The van der Waals surface area contributed by atoms with Gasteiger partial charge in [0, 0.05) is 12.2 Å². The van der Waals surface area contributed by atoms with Crippen LogP contribution in [0.15, 0.2) is 23.4 Å². The highest BCUT2D eigenvalue weighted by molar-refractivity contribution is 7.99. The third-order valence-corrected chi connectivity index (χ3v) is 3.51. The molecule has 1 rings (SSSR count). The van der Waals surface area contributed by atoms with Gasteiger partial charge in [-0.3, -0.25) is 0 Å². The van der Waals surface area contributed by atoms with Crippen LogP contribution < -0.4 is 5.73 Å². The first-order valence-electron chi connectivity index (χ1n) is 6.06. The molecule has 0 amide bonds. The van der Waals surface area contributed by atoms with E-state index in [1.54, 1.807) is 0 Å². The minimum absolute atomic E-state index is 0.208. The average Bonchev–Trinajstić information content (AvgIpc) is 2.26. The van der Waals surface area contributed by atoms with E-state index in [0.29, 0.717) is 0 Å². The Morgan fingerprint density at radius 1 is 1.44 bits per heavy atom. The Morgan fingerprint density at radius 2 is 2.25 bits per heavy atom. The Balaban J connectivity index is 2.50. The van der Waals surface area contributed by atoms with Gasteiger partial charge in [-0.2, -0.15) is 0 Å². The number of nitrogens with zero attached hydrogens (tertiary/aromatic N) is 1. The first-order chi connectivity index (χ1) is 7.74. The van der Waals surface area contributed by atoms with Crippen molar-refractivity contribution in [2.75, 3.05) is 5.75 Å². The zero-order valence-electron chi connectivity index (χ0n) is 10.3. The fraction of sp³-hybridized carbons (Fsp3) is 0.615. The molecule has 1 aromatic heterocycles. The van der Waals surface area contributed by atoms with Crippen LogP contribution >= 0.6 is 11.8 Å². The number of hydrogen-bond acceptors (Lipinski definition) is 3. The second kappa shape index (κ2) is 7.69. The molecular weight excluding hydrogens is 216 g/mol. The van der Waals surface area contributed by atoms with Gasteiger partial charge in [0.05, 0.1) is 5.03 Å². The Bertz CT molecular complexity index is 300. The van der Waals surface area contributed by atoms with Crippen LogP contribution in [0.25, 0.3) is 0 Å². The van der Waals surface area contributed by atoms with Gasteiger partial charge in [-0.25, -0.2) is 4.98 Å². The Kier molecular flexibility index (Phi) is 6.50. The summed E-state index contributed by atoms with van der Waals surface area (Å²) in [5.41, 5.74) is 7.12. The quantitative estimate of drug-likeness (QED) is 0.585. The number of nitrogens with two attached hydrogens (primary N) is 1. The van der Waals surface area contributed by atoms with Gasteiger partial charge in [0.15, 0.2) is 0 Å². The average molecular weight is 238 g/mol. The molecule has 3 heteroatoms. The van der Waals surface area contributed by atoms with Crippen molar-refractivity contribution in [1.29, 1.82) is 0 Å². The second-order valence-electron chi connectivity index (χ2n) is 4.20. The molecule has 0 radical (unpaired) electrons. The molecule has 2 N–H and O–H groups in total. The Labute approximate surface area is 103 Å². The molecule has 0 aliphatic heterocycles. The van der Waals surface area contributed by atoms with Crippen molar-refractivity contribution in [3.63, 3.8) is 0 Å². The molecule has 1 aromatic rings. The molecular formula is C13H22N2S. The minimum atomic E-state index is 0.208. The summed E-state index contributed by atoms with van der Waals surface area (Å²) in [6.45, 7) is 4.27. The smallest absolute Gasteiger partial charge is 0.0992 e. The van der Waals surface area contributed by atoms with Crippen LogP contribution in [0.5, 0.6) is 0 Å². The highest BCUT2D eigenvalue weighted by Gasteiger charge is 2.05. The highest BCUT2D eigenvalue weighted by Crippen LogP contribution is 2.22. The standard InChI is InChI=1S/C13H22N2S/c1-3-4-5-9-16-13-12(10-11(2)14)7-6-8-15-13/h6-8,11H,3-5,9-10,14H2,1-2H3. The molecule has 1 heterocycles. The summed E-state index contributed by atoms with van der Waals surface area (Å²) in [4.78, 5) is 4.44.